The number of carbonyl (C=O) groups excluding carboxylic acids is 1. The van der Waals surface area contributed by atoms with Crippen LogP contribution >= 0.6 is 0 Å². The summed E-state index contributed by atoms with van der Waals surface area (Å²) in [6.45, 7) is 6.41. The molecule has 0 radical (unpaired) electrons. The van der Waals surface area contributed by atoms with Gasteiger partial charge in [0.25, 0.3) is 10.0 Å². The van der Waals surface area contributed by atoms with Crippen LogP contribution in [0.1, 0.15) is 39.2 Å². The number of rotatable bonds is 5. The molecule has 1 amide bonds. The molecule has 0 aliphatic carbocycles. The Hall–Kier alpha value is -2.54. The van der Waals surface area contributed by atoms with E-state index in [0.717, 1.165) is 18.4 Å². The van der Waals surface area contributed by atoms with E-state index in [4.69, 9.17) is 4.74 Å². The molecule has 0 saturated carbocycles. The summed E-state index contributed by atoms with van der Waals surface area (Å²) in [7, 11) is -2.17. The quantitative estimate of drug-likeness (QED) is 0.792. The molecule has 0 bridgehead atoms. The van der Waals surface area contributed by atoms with Crippen LogP contribution in [-0.4, -0.2) is 28.0 Å². The van der Waals surface area contributed by atoms with Gasteiger partial charge in [0.05, 0.1) is 17.7 Å². The molecule has 0 unspecified atom stereocenters. The molecule has 1 heterocycles. The molecule has 1 N–H and O–H groups in total. The van der Waals surface area contributed by atoms with Gasteiger partial charge in [0.2, 0.25) is 5.91 Å². The van der Waals surface area contributed by atoms with Gasteiger partial charge in [0.15, 0.2) is 0 Å². The first-order valence-corrected chi connectivity index (χ1v) is 11.1. The molecule has 1 aliphatic rings. The Kier molecular flexibility index (Phi) is 5.89. The molecule has 3 rings (SSSR count). The van der Waals surface area contributed by atoms with Crippen molar-refractivity contribution in [3.8, 4) is 5.75 Å². The lowest BCUT2D eigenvalue weighted by atomic mass is 9.92. The molecule has 0 aromatic heterocycles. The topological polar surface area (TPSA) is 75.7 Å². The van der Waals surface area contributed by atoms with Crippen LogP contribution in [0, 0.1) is 5.41 Å². The molecule has 1 aliphatic heterocycles. The lowest BCUT2D eigenvalue weighted by molar-refractivity contribution is -0.117. The van der Waals surface area contributed by atoms with E-state index in [1.807, 2.05) is 32.9 Å². The Labute approximate surface area is 172 Å². The van der Waals surface area contributed by atoms with E-state index in [0.29, 0.717) is 30.1 Å². The van der Waals surface area contributed by atoms with Gasteiger partial charge in [-0.25, -0.2) is 8.42 Å². The highest BCUT2D eigenvalue weighted by Crippen LogP contribution is 2.34. The third-order valence-electron chi connectivity index (χ3n) is 4.78. The minimum Gasteiger partial charge on any atom is -0.497 e. The van der Waals surface area contributed by atoms with Crippen molar-refractivity contribution >= 4 is 27.3 Å². The van der Waals surface area contributed by atoms with Crippen molar-refractivity contribution in [2.45, 2.75) is 44.9 Å². The van der Waals surface area contributed by atoms with Crippen LogP contribution in [0.2, 0.25) is 0 Å². The van der Waals surface area contributed by atoms with E-state index < -0.39 is 10.0 Å². The van der Waals surface area contributed by atoms with E-state index >= 15 is 0 Å². The fraction of sp³-hybridized carbons (Fsp3) is 0.409. The van der Waals surface area contributed by atoms with Crippen LogP contribution in [0.3, 0.4) is 0 Å². The van der Waals surface area contributed by atoms with Gasteiger partial charge >= 0.3 is 0 Å². The van der Waals surface area contributed by atoms with E-state index in [-0.39, 0.29) is 16.2 Å². The summed E-state index contributed by atoms with van der Waals surface area (Å²) in [6, 6.07) is 11.9. The number of carbonyl (C=O) groups is 1. The van der Waals surface area contributed by atoms with Crippen molar-refractivity contribution in [3.05, 3.63) is 48.0 Å². The van der Waals surface area contributed by atoms with E-state index in [9.17, 15) is 13.2 Å². The van der Waals surface area contributed by atoms with Crippen LogP contribution in [0.15, 0.2) is 47.4 Å². The van der Waals surface area contributed by atoms with Crippen LogP contribution in [0.5, 0.6) is 5.75 Å². The maximum Gasteiger partial charge on any atom is 0.264 e. The Morgan fingerprint density at radius 1 is 1.14 bits per heavy atom. The Morgan fingerprint density at radius 2 is 1.83 bits per heavy atom. The number of hydrogen-bond acceptors (Lipinski definition) is 4. The number of aryl methyl sites for hydroxylation is 1. The van der Waals surface area contributed by atoms with E-state index in [1.54, 1.807) is 37.4 Å². The molecule has 0 atom stereocenters. The standard InChI is InChI=1S/C22H28N2O4S/c1-22(2,3)15-21(25)23-17-8-7-16-6-5-13-24(20(16)14-17)29(26,27)19-11-9-18(28-4)10-12-19/h7-12,14H,5-6,13,15H2,1-4H3,(H,23,25). The molecule has 6 nitrogen and oxygen atoms in total. The number of hydrogen-bond donors (Lipinski definition) is 1. The van der Waals surface area contributed by atoms with E-state index in [1.165, 1.54) is 4.31 Å². The lowest BCUT2D eigenvalue weighted by Crippen LogP contribution is -2.35. The first-order chi connectivity index (χ1) is 13.6. The Balaban J connectivity index is 1.91. The zero-order chi connectivity index (χ0) is 21.2. The zero-order valence-corrected chi connectivity index (χ0v) is 18.2. The van der Waals surface area contributed by atoms with Crippen molar-refractivity contribution in [2.24, 2.45) is 5.41 Å². The summed E-state index contributed by atoms with van der Waals surface area (Å²) in [5, 5.41) is 2.90. The number of nitrogens with one attached hydrogen (secondary N) is 1. The number of methoxy groups -OCH3 is 1. The Morgan fingerprint density at radius 3 is 2.45 bits per heavy atom. The fourth-order valence-corrected chi connectivity index (χ4v) is 4.96. The lowest BCUT2D eigenvalue weighted by Gasteiger charge is -2.31. The maximum atomic E-state index is 13.3. The molecule has 7 heteroatoms. The number of benzene rings is 2. The van der Waals surface area contributed by atoms with Crippen LogP contribution in [0.4, 0.5) is 11.4 Å². The molecular formula is C22H28N2O4S. The number of nitrogens with zero attached hydrogens (tertiary/aromatic N) is 1. The van der Waals surface area contributed by atoms with Crippen molar-refractivity contribution in [1.82, 2.24) is 0 Å². The molecule has 29 heavy (non-hydrogen) atoms. The second-order valence-electron chi connectivity index (χ2n) is 8.49. The van der Waals surface area contributed by atoms with Gasteiger partial charge in [0.1, 0.15) is 5.75 Å². The zero-order valence-electron chi connectivity index (χ0n) is 17.4. The highest BCUT2D eigenvalue weighted by molar-refractivity contribution is 7.92. The van der Waals surface area contributed by atoms with Crippen molar-refractivity contribution in [2.75, 3.05) is 23.3 Å². The van der Waals surface area contributed by atoms with E-state index in [2.05, 4.69) is 5.32 Å². The van der Waals surface area contributed by atoms with Crippen LogP contribution in [-0.2, 0) is 21.2 Å². The van der Waals surface area contributed by atoms with Gasteiger partial charge in [0, 0.05) is 18.7 Å². The molecule has 2 aromatic carbocycles. The van der Waals surface area contributed by atoms with Crippen molar-refractivity contribution in [1.29, 1.82) is 0 Å². The third-order valence-corrected chi connectivity index (χ3v) is 6.61. The molecule has 2 aromatic rings. The van der Waals surface area contributed by atoms with Crippen LogP contribution in [0.25, 0.3) is 0 Å². The number of sulfonamides is 1. The summed E-state index contributed by atoms with van der Waals surface area (Å²) >= 11 is 0. The van der Waals surface area contributed by atoms with Crippen molar-refractivity contribution in [3.63, 3.8) is 0 Å². The predicted octanol–water partition coefficient (Wildman–Crippen LogP) is 4.21. The Bertz CT molecular complexity index is 992. The smallest absolute Gasteiger partial charge is 0.264 e. The van der Waals surface area contributed by atoms with Gasteiger partial charge in [-0.3, -0.25) is 9.10 Å². The summed E-state index contributed by atoms with van der Waals surface area (Å²) in [6.07, 6.45) is 1.94. The molecule has 0 fully saturated rings. The second-order valence-corrected chi connectivity index (χ2v) is 10.3. The fourth-order valence-electron chi connectivity index (χ4n) is 3.43. The molecule has 0 saturated heterocycles. The molecule has 156 valence electrons. The SMILES string of the molecule is COc1ccc(S(=O)(=O)N2CCCc3ccc(NC(=O)CC(C)(C)C)cc32)cc1. The summed E-state index contributed by atoms with van der Waals surface area (Å²) in [4.78, 5) is 12.5. The number of ether oxygens (including phenoxy) is 1. The first kappa shape index (κ1) is 21.2. The van der Waals surface area contributed by atoms with Gasteiger partial charge in [-0.05, 0) is 60.2 Å². The highest BCUT2D eigenvalue weighted by Gasteiger charge is 2.29. The monoisotopic (exact) mass is 416 g/mol. The summed E-state index contributed by atoms with van der Waals surface area (Å²) in [5.74, 6) is 0.518. The minimum atomic E-state index is -3.71. The largest absolute Gasteiger partial charge is 0.497 e. The number of anilines is 2. The number of amides is 1. The summed E-state index contributed by atoms with van der Waals surface area (Å²) < 4.78 is 33.1. The summed E-state index contributed by atoms with van der Waals surface area (Å²) in [5.41, 5.74) is 2.07. The first-order valence-electron chi connectivity index (χ1n) is 9.70. The van der Waals surface area contributed by atoms with Crippen molar-refractivity contribution < 1.29 is 17.9 Å². The van der Waals surface area contributed by atoms with Gasteiger partial charge in [-0.2, -0.15) is 0 Å². The van der Waals surface area contributed by atoms with Gasteiger partial charge < -0.3 is 10.1 Å². The highest BCUT2D eigenvalue weighted by atomic mass is 32.2. The molecule has 0 spiro atoms. The minimum absolute atomic E-state index is 0.0854. The average molecular weight is 417 g/mol. The number of fused-ring (bicyclic) bond motifs is 1. The maximum absolute atomic E-state index is 13.3. The predicted molar refractivity (Wildman–Crippen MR) is 115 cm³/mol. The van der Waals surface area contributed by atoms with Gasteiger partial charge in [-0.1, -0.05) is 26.8 Å². The van der Waals surface area contributed by atoms with Gasteiger partial charge in [-0.15, -0.1) is 0 Å². The van der Waals surface area contributed by atoms with Crippen LogP contribution < -0.4 is 14.4 Å². The average Bonchev–Trinajstić information content (AvgIpc) is 2.66. The third kappa shape index (κ3) is 4.90. The normalized spacial score (nSPS) is 14.3. The second kappa shape index (κ2) is 8.06. The molecular weight excluding hydrogens is 388 g/mol.